The summed E-state index contributed by atoms with van der Waals surface area (Å²) < 4.78 is 1.38. The van der Waals surface area contributed by atoms with Crippen molar-refractivity contribution in [2.45, 2.75) is 32.6 Å². The molecule has 8 rings (SSSR count). The summed E-state index contributed by atoms with van der Waals surface area (Å²) in [5.41, 5.74) is 11.4. The van der Waals surface area contributed by atoms with Crippen LogP contribution < -0.4 is 0 Å². The molecule has 0 unspecified atom stereocenters. The summed E-state index contributed by atoms with van der Waals surface area (Å²) in [5.74, 6) is 0. The molecular formula is C37H28S. The molecule has 0 N–H and O–H groups in total. The second-order valence-corrected chi connectivity index (χ2v) is 11.8. The van der Waals surface area contributed by atoms with Crippen molar-refractivity contribution in [1.82, 2.24) is 0 Å². The minimum Gasteiger partial charge on any atom is -0.135 e. The van der Waals surface area contributed by atoms with Gasteiger partial charge in [-0.3, -0.25) is 0 Å². The van der Waals surface area contributed by atoms with Gasteiger partial charge in [0, 0.05) is 9.58 Å². The molecule has 0 radical (unpaired) electrons. The molecule has 38 heavy (non-hydrogen) atoms. The molecule has 2 aliphatic carbocycles. The van der Waals surface area contributed by atoms with Gasteiger partial charge in [-0.2, -0.15) is 0 Å². The molecule has 0 spiro atoms. The average molecular weight is 505 g/mol. The smallest absolute Gasteiger partial charge is 0.0427 e. The molecule has 5 aromatic carbocycles. The van der Waals surface area contributed by atoms with E-state index in [4.69, 9.17) is 0 Å². The number of hydrogen-bond donors (Lipinski definition) is 0. The Morgan fingerprint density at radius 2 is 1.34 bits per heavy atom. The highest BCUT2D eigenvalue weighted by atomic mass is 32.1. The second kappa shape index (κ2) is 8.55. The molecule has 6 aromatic rings. The molecule has 0 amide bonds. The van der Waals surface area contributed by atoms with Crippen molar-refractivity contribution >= 4 is 55.1 Å². The van der Waals surface area contributed by atoms with Crippen LogP contribution in [0.1, 0.15) is 40.7 Å². The van der Waals surface area contributed by atoms with E-state index in [-0.39, 0.29) is 0 Å². The maximum Gasteiger partial charge on any atom is 0.0427 e. The molecule has 0 nitrogen and oxygen atoms in total. The fraction of sp³-hybridized carbons (Fsp3) is 0.135. The number of allylic oxidation sites excluding steroid dienone is 2. The number of thiophene rings is 1. The Kier molecular flexibility index (Phi) is 4.97. The van der Waals surface area contributed by atoms with Crippen LogP contribution in [0.5, 0.6) is 0 Å². The molecule has 0 atom stereocenters. The zero-order valence-electron chi connectivity index (χ0n) is 21.6. The normalized spacial score (nSPS) is 14.3. The lowest BCUT2D eigenvalue weighted by molar-refractivity contribution is 0.911. The predicted molar refractivity (Wildman–Crippen MR) is 167 cm³/mol. The van der Waals surface area contributed by atoms with E-state index in [1.807, 2.05) is 11.3 Å². The summed E-state index contributed by atoms with van der Waals surface area (Å²) in [6, 6.07) is 29.6. The van der Waals surface area contributed by atoms with Crippen LogP contribution in [0.3, 0.4) is 0 Å². The standard InChI is InChI=1S/C37H28S/c1-23-27(15-8-16-28(23)36-22-26-18-17-24-9-2-3-10-29(24)37(26)38-36)25-19-20-34-32-13-5-4-11-30(32)31-12-6-7-14-33(31)35(34)21-25/h2-3,5,7-10,13-22H,4,6,11-12H2,1H3. The van der Waals surface area contributed by atoms with E-state index in [1.165, 1.54) is 76.3 Å². The monoisotopic (exact) mass is 504 g/mol. The third kappa shape index (κ3) is 3.28. The summed E-state index contributed by atoms with van der Waals surface area (Å²) in [7, 11) is 0. The molecular weight excluding hydrogens is 476 g/mol. The number of rotatable bonds is 2. The van der Waals surface area contributed by atoms with Gasteiger partial charge in [-0.05, 0) is 116 Å². The molecule has 0 aliphatic heterocycles. The average Bonchev–Trinajstić information content (AvgIpc) is 3.42. The molecule has 0 saturated carbocycles. The first-order chi connectivity index (χ1) is 18.8. The summed E-state index contributed by atoms with van der Waals surface area (Å²) in [5, 5.41) is 6.78. The quantitative estimate of drug-likeness (QED) is 0.220. The zero-order chi connectivity index (χ0) is 25.2. The van der Waals surface area contributed by atoms with Gasteiger partial charge in [-0.15, -0.1) is 11.3 Å². The van der Waals surface area contributed by atoms with Crippen molar-refractivity contribution in [3.8, 4) is 21.6 Å². The van der Waals surface area contributed by atoms with Crippen molar-refractivity contribution in [1.29, 1.82) is 0 Å². The van der Waals surface area contributed by atoms with E-state index >= 15 is 0 Å². The Bertz CT molecular complexity index is 1980. The third-order valence-corrected chi connectivity index (χ3v) is 9.84. The van der Waals surface area contributed by atoms with Crippen LogP contribution in [0.2, 0.25) is 0 Å². The van der Waals surface area contributed by atoms with Crippen molar-refractivity contribution in [2.24, 2.45) is 0 Å². The van der Waals surface area contributed by atoms with Crippen molar-refractivity contribution in [2.75, 3.05) is 0 Å². The van der Waals surface area contributed by atoms with E-state index < -0.39 is 0 Å². The number of hydrogen-bond acceptors (Lipinski definition) is 1. The van der Waals surface area contributed by atoms with Crippen LogP contribution in [-0.4, -0.2) is 0 Å². The number of benzene rings is 5. The van der Waals surface area contributed by atoms with Crippen LogP contribution >= 0.6 is 11.3 Å². The summed E-state index contributed by atoms with van der Waals surface area (Å²) in [4.78, 5) is 1.34. The Morgan fingerprint density at radius 3 is 2.18 bits per heavy atom. The van der Waals surface area contributed by atoms with Crippen LogP contribution in [0.25, 0.3) is 65.4 Å². The first kappa shape index (κ1) is 22.1. The van der Waals surface area contributed by atoms with E-state index in [1.54, 1.807) is 11.1 Å². The Balaban J connectivity index is 1.31. The lowest BCUT2D eigenvalue weighted by Gasteiger charge is -2.24. The van der Waals surface area contributed by atoms with E-state index in [2.05, 4.69) is 110 Å². The molecule has 1 heteroatoms. The topological polar surface area (TPSA) is 0 Å². The van der Waals surface area contributed by atoms with Gasteiger partial charge in [0.2, 0.25) is 0 Å². The van der Waals surface area contributed by atoms with Gasteiger partial charge in [0.1, 0.15) is 0 Å². The van der Waals surface area contributed by atoms with Gasteiger partial charge in [-0.25, -0.2) is 0 Å². The van der Waals surface area contributed by atoms with Gasteiger partial charge >= 0.3 is 0 Å². The molecule has 0 bridgehead atoms. The maximum absolute atomic E-state index is 2.46. The predicted octanol–water partition coefficient (Wildman–Crippen LogP) is 10.8. The molecule has 1 heterocycles. The minimum absolute atomic E-state index is 1.15. The molecule has 2 aliphatic rings. The summed E-state index contributed by atoms with van der Waals surface area (Å²) >= 11 is 1.92. The Labute approximate surface area is 227 Å². The van der Waals surface area contributed by atoms with Gasteiger partial charge in [0.05, 0.1) is 0 Å². The van der Waals surface area contributed by atoms with Crippen LogP contribution in [0.4, 0.5) is 0 Å². The summed E-state index contributed by atoms with van der Waals surface area (Å²) in [6.07, 6.45) is 14.1. The number of fused-ring (bicyclic) bond motifs is 9. The van der Waals surface area contributed by atoms with Gasteiger partial charge in [0.15, 0.2) is 0 Å². The third-order valence-electron chi connectivity index (χ3n) is 8.62. The minimum atomic E-state index is 1.15. The fourth-order valence-corrected chi connectivity index (χ4v) is 8.02. The van der Waals surface area contributed by atoms with Crippen molar-refractivity contribution < 1.29 is 0 Å². The highest BCUT2D eigenvalue weighted by Gasteiger charge is 2.20. The highest BCUT2D eigenvalue weighted by molar-refractivity contribution is 7.23. The molecule has 0 saturated heterocycles. The lowest BCUT2D eigenvalue weighted by Crippen LogP contribution is -2.07. The molecule has 1 aromatic heterocycles. The molecule has 182 valence electrons. The van der Waals surface area contributed by atoms with E-state index in [0.717, 1.165) is 19.3 Å². The highest BCUT2D eigenvalue weighted by Crippen LogP contribution is 2.43. The first-order valence-corrected chi connectivity index (χ1v) is 14.5. The Hall–Kier alpha value is -3.94. The van der Waals surface area contributed by atoms with Gasteiger partial charge in [-0.1, -0.05) is 91.0 Å². The van der Waals surface area contributed by atoms with Crippen LogP contribution in [0.15, 0.2) is 91.0 Å². The lowest BCUT2D eigenvalue weighted by atomic mass is 9.80. The Morgan fingerprint density at radius 1 is 0.605 bits per heavy atom. The fourth-order valence-electron chi connectivity index (χ4n) is 6.75. The summed E-state index contributed by atoms with van der Waals surface area (Å²) in [6.45, 7) is 2.29. The first-order valence-electron chi connectivity index (χ1n) is 13.7. The van der Waals surface area contributed by atoms with Crippen LogP contribution in [0, 0.1) is 6.92 Å². The second-order valence-electron chi connectivity index (χ2n) is 10.7. The molecule has 0 fully saturated rings. The van der Waals surface area contributed by atoms with Crippen LogP contribution in [-0.2, 0) is 12.8 Å². The largest absolute Gasteiger partial charge is 0.135 e. The van der Waals surface area contributed by atoms with Crippen molar-refractivity contribution in [3.63, 3.8) is 0 Å². The SMILES string of the molecule is Cc1c(-c2ccc3c4c(c5c(c3c2)C=CCC5)CCC=C4)cccc1-c1cc2ccc3ccccc3c2s1. The van der Waals surface area contributed by atoms with Gasteiger partial charge in [0.25, 0.3) is 0 Å². The zero-order valence-corrected chi connectivity index (χ0v) is 22.4. The van der Waals surface area contributed by atoms with E-state index in [9.17, 15) is 0 Å². The van der Waals surface area contributed by atoms with E-state index in [0.29, 0.717) is 0 Å². The maximum atomic E-state index is 2.46. The van der Waals surface area contributed by atoms with Crippen molar-refractivity contribution in [3.05, 3.63) is 119 Å². The van der Waals surface area contributed by atoms with Gasteiger partial charge < -0.3 is 0 Å².